The number of nitrogen functional groups attached to an aromatic ring is 1. The van der Waals surface area contributed by atoms with E-state index in [4.69, 9.17) is 15.9 Å². The molecule has 0 bridgehead atoms. The maximum atomic E-state index is 7.47. The van der Waals surface area contributed by atoms with Crippen LogP contribution >= 0.6 is 0 Å². The number of aryl methyl sites for hydroxylation is 3. The van der Waals surface area contributed by atoms with Crippen LogP contribution in [0.3, 0.4) is 0 Å². The zero-order chi connectivity index (χ0) is 14.0. The van der Waals surface area contributed by atoms with E-state index in [9.17, 15) is 0 Å². The van der Waals surface area contributed by atoms with Gasteiger partial charge in [-0.15, -0.1) is 0 Å². The van der Waals surface area contributed by atoms with Crippen LogP contribution in [-0.4, -0.2) is 10.8 Å². The van der Waals surface area contributed by atoms with E-state index in [1.54, 1.807) is 12.1 Å². The summed E-state index contributed by atoms with van der Waals surface area (Å²) in [6.07, 6.45) is 0. The molecule has 0 radical (unpaired) electrons. The monoisotopic (exact) mass is 255 g/mol. The molecule has 0 aliphatic carbocycles. The van der Waals surface area contributed by atoms with Crippen molar-refractivity contribution in [2.45, 2.75) is 20.8 Å². The van der Waals surface area contributed by atoms with Crippen molar-refractivity contribution in [3.8, 4) is 11.6 Å². The molecule has 2 rings (SSSR count). The van der Waals surface area contributed by atoms with Gasteiger partial charge in [-0.25, -0.2) is 4.98 Å². The van der Waals surface area contributed by atoms with Crippen molar-refractivity contribution >= 4 is 5.84 Å². The predicted molar refractivity (Wildman–Crippen MR) is 76.0 cm³/mol. The van der Waals surface area contributed by atoms with E-state index in [1.165, 1.54) is 5.56 Å². The number of hydrogen-bond acceptors (Lipinski definition) is 3. The molecule has 0 unspecified atom stereocenters. The summed E-state index contributed by atoms with van der Waals surface area (Å²) >= 11 is 0. The maximum Gasteiger partial charge on any atom is 0.220 e. The SMILES string of the molecule is Cc1ccc(Oc2cc(C(=N)N)cc(C)n2)c(C)c1. The third-order valence-electron chi connectivity index (χ3n) is 2.79. The van der Waals surface area contributed by atoms with Crippen LogP contribution in [0.15, 0.2) is 30.3 Å². The Bertz CT molecular complexity index is 635. The molecule has 4 heteroatoms. The summed E-state index contributed by atoms with van der Waals surface area (Å²) in [6, 6.07) is 9.40. The highest BCUT2D eigenvalue weighted by Crippen LogP contribution is 2.25. The molecule has 3 N–H and O–H groups in total. The van der Waals surface area contributed by atoms with Crippen LogP contribution in [0.5, 0.6) is 11.6 Å². The number of ether oxygens (including phenoxy) is 1. The number of nitrogens with two attached hydrogens (primary N) is 1. The van der Waals surface area contributed by atoms with Crippen molar-refractivity contribution in [2.75, 3.05) is 0 Å². The second kappa shape index (κ2) is 5.10. The van der Waals surface area contributed by atoms with Gasteiger partial charge in [0.2, 0.25) is 5.88 Å². The first kappa shape index (κ1) is 13.1. The summed E-state index contributed by atoms with van der Waals surface area (Å²) in [5.74, 6) is 1.23. The predicted octanol–water partition coefficient (Wildman–Crippen LogP) is 3.08. The zero-order valence-corrected chi connectivity index (χ0v) is 11.3. The summed E-state index contributed by atoms with van der Waals surface area (Å²) in [4.78, 5) is 4.30. The van der Waals surface area contributed by atoms with Gasteiger partial charge in [0, 0.05) is 17.3 Å². The van der Waals surface area contributed by atoms with Crippen molar-refractivity contribution < 1.29 is 4.74 Å². The molecule has 1 aromatic carbocycles. The van der Waals surface area contributed by atoms with Gasteiger partial charge >= 0.3 is 0 Å². The van der Waals surface area contributed by atoms with Crippen LogP contribution in [0.2, 0.25) is 0 Å². The van der Waals surface area contributed by atoms with Crippen LogP contribution < -0.4 is 10.5 Å². The van der Waals surface area contributed by atoms with Gasteiger partial charge in [0.15, 0.2) is 0 Å². The number of amidine groups is 1. The van der Waals surface area contributed by atoms with E-state index in [1.807, 2.05) is 32.9 Å². The minimum atomic E-state index is 0.0102. The Morgan fingerprint density at radius 1 is 1.16 bits per heavy atom. The number of nitrogens with one attached hydrogen (secondary N) is 1. The summed E-state index contributed by atoms with van der Waals surface area (Å²) < 4.78 is 5.77. The molecule has 0 atom stereocenters. The van der Waals surface area contributed by atoms with Crippen molar-refractivity contribution in [2.24, 2.45) is 5.73 Å². The fourth-order valence-electron chi connectivity index (χ4n) is 1.87. The molecule has 0 saturated carbocycles. The molecule has 4 nitrogen and oxygen atoms in total. The lowest BCUT2D eigenvalue weighted by Gasteiger charge is -2.10. The quantitative estimate of drug-likeness (QED) is 0.654. The molecular formula is C15H17N3O. The van der Waals surface area contributed by atoms with Crippen LogP contribution in [0.1, 0.15) is 22.4 Å². The number of benzene rings is 1. The number of pyridine rings is 1. The maximum absolute atomic E-state index is 7.47. The zero-order valence-electron chi connectivity index (χ0n) is 11.3. The Balaban J connectivity index is 2.35. The van der Waals surface area contributed by atoms with Crippen molar-refractivity contribution in [1.29, 1.82) is 5.41 Å². The molecule has 1 heterocycles. The van der Waals surface area contributed by atoms with Gasteiger partial charge < -0.3 is 10.5 Å². The number of nitrogens with zero attached hydrogens (tertiary/aromatic N) is 1. The fraction of sp³-hybridized carbons (Fsp3) is 0.200. The summed E-state index contributed by atoms with van der Waals surface area (Å²) in [7, 11) is 0. The van der Waals surface area contributed by atoms with Gasteiger partial charge in [-0.2, -0.15) is 0 Å². The molecule has 0 aliphatic heterocycles. The van der Waals surface area contributed by atoms with Gasteiger partial charge in [-0.1, -0.05) is 17.7 Å². The Hall–Kier alpha value is -2.36. The Kier molecular flexibility index (Phi) is 3.51. The van der Waals surface area contributed by atoms with E-state index < -0.39 is 0 Å². The first-order valence-electron chi connectivity index (χ1n) is 6.04. The number of hydrogen-bond donors (Lipinski definition) is 2. The normalized spacial score (nSPS) is 10.3. The van der Waals surface area contributed by atoms with Crippen LogP contribution in [-0.2, 0) is 0 Å². The van der Waals surface area contributed by atoms with Crippen LogP contribution in [0.25, 0.3) is 0 Å². The molecular weight excluding hydrogens is 238 g/mol. The van der Waals surface area contributed by atoms with Gasteiger partial charge in [0.1, 0.15) is 11.6 Å². The van der Waals surface area contributed by atoms with Gasteiger partial charge in [-0.05, 0) is 38.5 Å². The smallest absolute Gasteiger partial charge is 0.220 e. The number of rotatable bonds is 3. The molecule has 2 aromatic rings. The second-order valence-corrected chi connectivity index (χ2v) is 4.62. The van der Waals surface area contributed by atoms with E-state index in [0.29, 0.717) is 11.4 Å². The van der Waals surface area contributed by atoms with E-state index >= 15 is 0 Å². The van der Waals surface area contributed by atoms with E-state index in [2.05, 4.69) is 11.1 Å². The molecule has 0 amide bonds. The highest BCUT2D eigenvalue weighted by atomic mass is 16.5. The minimum Gasteiger partial charge on any atom is -0.439 e. The average molecular weight is 255 g/mol. The Labute approximate surface area is 112 Å². The second-order valence-electron chi connectivity index (χ2n) is 4.62. The van der Waals surface area contributed by atoms with Gasteiger partial charge in [0.05, 0.1) is 0 Å². The topological polar surface area (TPSA) is 72.0 Å². The van der Waals surface area contributed by atoms with Gasteiger partial charge in [-0.3, -0.25) is 5.41 Å². The van der Waals surface area contributed by atoms with E-state index in [0.717, 1.165) is 17.0 Å². The molecule has 19 heavy (non-hydrogen) atoms. The van der Waals surface area contributed by atoms with Crippen molar-refractivity contribution in [3.05, 3.63) is 52.7 Å². The molecule has 0 spiro atoms. The summed E-state index contributed by atoms with van der Waals surface area (Å²) in [6.45, 7) is 5.88. The molecule has 0 fully saturated rings. The Morgan fingerprint density at radius 2 is 1.89 bits per heavy atom. The minimum absolute atomic E-state index is 0.0102. The summed E-state index contributed by atoms with van der Waals surface area (Å²) in [5, 5.41) is 7.47. The first-order valence-corrected chi connectivity index (χ1v) is 6.04. The van der Waals surface area contributed by atoms with Crippen molar-refractivity contribution in [3.63, 3.8) is 0 Å². The largest absolute Gasteiger partial charge is 0.439 e. The van der Waals surface area contributed by atoms with E-state index in [-0.39, 0.29) is 5.84 Å². The van der Waals surface area contributed by atoms with Gasteiger partial charge in [0.25, 0.3) is 0 Å². The number of aromatic nitrogens is 1. The molecule has 0 aliphatic rings. The standard InChI is InChI=1S/C15H17N3O/c1-9-4-5-13(10(2)6-9)19-14-8-12(15(16)17)7-11(3)18-14/h4-8H,1-3H3,(H3,16,17). The highest BCUT2D eigenvalue weighted by molar-refractivity contribution is 5.95. The summed E-state index contributed by atoms with van der Waals surface area (Å²) in [5.41, 5.74) is 9.12. The van der Waals surface area contributed by atoms with Crippen LogP contribution in [0.4, 0.5) is 0 Å². The lowest BCUT2D eigenvalue weighted by molar-refractivity contribution is 0.458. The third kappa shape index (κ3) is 3.10. The molecule has 1 aromatic heterocycles. The third-order valence-corrected chi connectivity index (χ3v) is 2.79. The lowest BCUT2D eigenvalue weighted by atomic mass is 10.1. The molecule has 0 saturated heterocycles. The lowest BCUT2D eigenvalue weighted by Crippen LogP contribution is -2.11. The average Bonchev–Trinajstić information content (AvgIpc) is 2.32. The Morgan fingerprint density at radius 3 is 2.53 bits per heavy atom. The highest BCUT2D eigenvalue weighted by Gasteiger charge is 2.06. The first-order chi connectivity index (χ1) is 8.95. The fourth-order valence-corrected chi connectivity index (χ4v) is 1.87. The molecule has 98 valence electrons. The van der Waals surface area contributed by atoms with Crippen molar-refractivity contribution in [1.82, 2.24) is 4.98 Å². The van der Waals surface area contributed by atoms with Crippen LogP contribution in [0, 0.1) is 26.2 Å².